The third-order valence-electron chi connectivity index (χ3n) is 4.67. The zero-order valence-electron chi connectivity index (χ0n) is 17.4. The molecule has 1 atom stereocenters. The van der Waals surface area contributed by atoms with Crippen LogP contribution in [0.2, 0.25) is 0 Å². The van der Waals surface area contributed by atoms with E-state index in [2.05, 4.69) is 18.8 Å². The molecule has 0 aliphatic rings. The van der Waals surface area contributed by atoms with Gasteiger partial charge in [0.2, 0.25) is 10.0 Å². The van der Waals surface area contributed by atoms with E-state index in [1.165, 1.54) is 4.31 Å². The number of nitrogens with zero attached hydrogens (tertiary/aromatic N) is 1. The molecular formula is C23H30N2O3S. The summed E-state index contributed by atoms with van der Waals surface area (Å²) in [5.74, 6) is -0.118. The summed E-state index contributed by atoms with van der Waals surface area (Å²) in [6.07, 6.45) is 3.51. The van der Waals surface area contributed by atoms with Crippen LogP contribution in [0.4, 0.5) is 0 Å². The van der Waals surface area contributed by atoms with Gasteiger partial charge in [-0.15, -0.1) is 6.58 Å². The molecule has 2 rings (SSSR count). The molecule has 6 heteroatoms. The lowest BCUT2D eigenvalue weighted by Crippen LogP contribution is -2.32. The summed E-state index contributed by atoms with van der Waals surface area (Å²) in [6, 6.07) is 14.0. The molecule has 1 amide bonds. The van der Waals surface area contributed by atoms with Gasteiger partial charge in [-0.1, -0.05) is 49.2 Å². The molecule has 1 N–H and O–H groups in total. The predicted molar refractivity (Wildman–Crippen MR) is 117 cm³/mol. The van der Waals surface area contributed by atoms with Gasteiger partial charge in [-0.2, -0.15) is 4.31 Å². The number of carbonyl (C=O) groups is 1. The van der Waals surface area contributed by atoms with E-state index in [0.29, 0.717) is 5.56 Å². The van der Waals surface area contributed by atoms with E-state index in [1.807, 2.05) is 13.8 Å². The summed E-state index contributed by atoms with van der Waals surface area (Å²) in [5.41, 5.74) is 2.37. The van der Waals surface area contributed by atoms with Crippen LogP contribution in [0, 0.1) is 6.92 Å². The monoisotopic (exact) mass is 414 g/mol. The van der Waals surface area contributed by atoms with Crippen molar-refractivity contribution in [3.05, 3.63) is 77.9 Å². The van der Waals surface area contributed by atoms with E-state index in [4.69, 9.17) is 0 Å². The second-order valence-corrected chi connectivity index (χ2v) is 9.20. The van der Waals surface area contributed by atoms with E-state index in [0.717, 1.165) is 24.0 Å². The van der Waals surface area contributed by atoms with Crippen LogP contribution in [0.1, 0.15) is 48.2 Å². The van der Waals surface area contributed by atoms with Gasteiger partial charge in [0, 0.05) is 24.7 Å². The Labute approximate surface area is 174 Å². The molecule has 0 aliphatic carbocycles. The Morgan fingerprint density at radius 3 is 2.31 bits per heavy atom. The molecule has 0 aromatic heterocycles. The maximum atomic E-state index is 13.0. The Hall–Kier alpha value is -2.44. The Morgan fingerprint density at radius 2 is 1.76 bits per heavy atom. The van der Waals surface area contributed by atoms with Crippen LogP contribution in [0.3, 0.4) is 0 Å². The number of sulfonamides is 1. The molecule has 0 spiro atoms. The molecule has 156 valence electrons. The summed E-state index contributed by atoms with van der Waals surface area (Å²) in [7, 11) is -3.64. The highest BCUT2D eigenvalue weighted by Gasteiger charge is 2.23. The molecule has 0 bridgehead atoms. The maximum Gasteiger partial charge on any atom is 0.251 e. The first-order valence-electron chi connectivity index (χ1n) is 9.85. The minimum Gasteiger partial charge on any atom is -0.350 e. The van der Waals surface area contributed by atoms with Gasteiger partial charge in [0.15, 0.2) is 0 Å². The quantitative estimate of drug-likeness (QED) is 0.590. The van der Waals surface area contributed by atoms with Crippen molar-refractivity contribution in [2.45, 2.75) is 51.1 Å². The second-order valence-electron chi connectivity index (χ2n) is 7.26. The zero-order chi connectivity index (χ0) is 21.4. The van der Waals surface area contributed by atoms with Gasteiger partial charge in [-0.05, 0) is 50.1 Å². The Bertz CT molecular complexity index is 920. The van der Waals surface area contributed by atoms with Crippen LogP contribution < -0.4 is 5.32 Å². The van der Waals surface area contributed by atoms with Gasteiger partial charge < -0.3 is 5.32 Å². The van der Waals surface area contributed by atoms with E-state index in [1.54, 1.807) is 54.6 Å². The minimum absolute atomic E-state index is 0.118. The number of amides is 1. The third kappa shape index (κ3) is 6.27. The summed E-state index contributed by atoms with van der Waals surface area (Å²) < 4.78 is 27.4. The van der Waals surface area contributed by atoms with Crippen molar-refractivity contribution in [1.29, 1.82) is 0 Å². The average molecular weight is 415 g/mol. The number of benzene rings is 2. The Kier molecular flexibility index (Phi) is 8.17. The van der Waals surface area contributed by atoms with Crippen molar-refractivity contribution < 1.29 is 13.2 Å². The zero-order valence-corrected chi connectivity index (χ0v) is 18.2. The maximum absolute atomic E-state index is 13.0. The van der Waals surface area contributed by atoms with Crippen molar-refractivity contribution in [1.82, 2.24) is 9.62 Å². The molecule has 0 radical (unpaired) electrons. The molecule has 0 saturated heterocycles. The summed E-state index contributed by atoms with van der Waals surface area (Å²) in [6.45, 7) is 10.1. The largest absolute Gasteiger partial charge is 0.350 e. The first kappa shape index (κ1) is 22.8. The van der Waals surface area contributed by atoms with Crippen molar-refractivity contribution in [2.24, 2.45) is 0 Å². The topological polar surface area (TPSA) is 66.5 Å². The van der Waals surface area contributed by atoms with Crippen LogP contribution in [0.5, 0.6) is 0 Å². The second kappa shape index (κ2) is 10.4. The highest BCUT2D eigenvalue weighted by atomic mass is 32.2. The van der Waals surface area contributed by atoms with E-state index >= 15 is 0 Å². The number of hydrogen-bond donors (Lipinski definition) is 1. The molecule has 2 aromatic carbocycles. The summed E-state index contributed by atoms with van der Waals surface area (Å²) in [5, 5.41) is 2.97. The van der Waals surface area contributed by atoms with Crippen molar-refractivity contribution in [3.8, 4) is 0 Å². The van der Waals surface area contributed by atoms with Crippen LogP contribution in [0.15, 0.2) is 66.1 Å². The average Bonchev–Trinajstić information content (AvgIpc) is 2.68. The Morgan fingerprint density at radius 1 is 1.14 bits per heavy atom. The molecule has 0 unspecified atom stereocenters. The van der Waals surface area contributed by atoms with E-state index in [9.17, 15) is 13.2 Å². The SMILES string of the molecule is C=CCN(Cc1ccc(C(=O)N[C@@H](C)CCC)cc1)S(=O)(=O)c1ccc(C)cc1. The van der Waals surface area contributed by atoms with Crippen LogP contribution in [0.25, 0.3) is 0 Å². The Balaban J connectivity index is 2.15. The molecule has 2 aromatic rings. The van der Waals surface area contributed by atoms with Gasteiger partial charge in [0.1, 0.15) is 0 Å². The van der Waals surface area contributed by atoms with Gasteiger partial charge in [0.05, 0.1) is 4.90 Å². The first-order valence-corrected chi connectivity index (χ1v) is 11.3. The van der Waals surface area contributed by atoms with Crippen molar-refractivity contribution >= 4 is 15.9 Å². The van der Waals surface area contributed by atoms with Crippen molar-refractivity contribution in [3.63, 3.8) is 0 Å². The third-order valence-corrected chi connectivity index (χ3v) is 6.49. The highest BCUT2D eigenvalue weighted by Crippen LogP contribution is 2.19. The van der Waals surface area contributed by atoms with Crippen molar-refractivity contribution in [2.75, 3.05) is 6.54 Å². The fraction of sp³-hybridized carbons (Fsp3) is 0.348. The molecule has 0 aliphatic heterocycles. The van der Waals surface area contributed by atoms with Crippen LogP contribution in [-0.4, -0.2) is 31.2 Å². The normalized spacial score (nSPS) is 12.6. The predicted octanol–water partition coefficient (Wildman–Crippen LogP) is 4.29. The summed E-state index contributed by atoms with van der Waals surface area (Å²) in [4.78, 5) is 12.6. The molecular weight excluding hydrogens is 384 g/mol. The smallest absolute Gasteiger partial charge is 0.251 e. The van der Waals surface area contributed by atoms with E-state index < -0.39 is 10.0 Å². The first-order chi connectivity index (χ1) is 13.8. The van der Waals surface area contributed by atoms with E-state index in [-0.39, 0.29) is 29.9 Å². The van der Waals surface area contributed by atoms with Gasteiger partial charge in [-0.25, -0.2) is 8.42 Å². The molecule has 29 heavy (non-hydrogen) atoms. The number of carbonyl (C=O) groups excluding carboxylic acids is 1. The number of aryl methyl sites for hydroxylation is 1. The fourth-order valence-electron chi connectivity index (χ4n) is 3.03. The lowest BCUT2D eigenvalue weighted by atomic mass is 10.1. The van der Waals surface area contributed by atoms with Gasteiger partial charge in [0.25, 0.3) is 5.91 Å². The molecule has 5 nitrogen and oxygen atoms in total. The van der Waals surface area contributed by atoms with Gasteiger partial charge in [-0.3, -0.25) is 4.79 Å². The summed E-state index contributed by atoms with van der Waals surface area (Å²) >= 11 is 0. The number of rotatable bonds is 10. The molecule has 0 heterocycles. The van der Waals surface area contributed by atoms with Gasteiger partial charge >= 0.3 is 0 Å². The minimum atomic E-state index is -3.64. The lowest BCUT2D eigenvalue weighted by Gasteiger charge is -2.21. The number of nitrogens with one attached hydrogen (secondary N) is 1. The van der Waals surface area contributed by atoms with Crippen LogP contribution in [-0.2, 0) is 16.6 Å². The van der Waals surface area contributed by atoms with Crippen LogP contribution >= 0.6 is 0 Å². The lowest BCUT2D eigenvalue weighted by molar-refractivity contribution is 0.0938. The standard InChI is InChI=1S/C23H30N2O3S/c1-5-7-19(4)24-23(26)21-12-10-20(11-13-21)17-25(16-6-2)29(27,28)22-14-8-18(3)9-15-22/h6,8-15,19H,2,5,7,16-17H2,1,3-4H3,(H,24,26)/t19-/m0/s1. The molecule has 0 fully saturated rings. The number of hydrogen-bond acceptors (Lipinski definition) is 3. The fourth-order valence-corrected chi connectivity index (χ4v) is 4.43. The highest BCUT2D eigenvalue weighted by molar-refractivity contribution is 7.89. The molecule has 0 saturated carbocycles.